The lowest BCUT2D eigenvalue weighted by Crippen LogP contribution is -2.11. The van der Waals surface area contributed by atoms with E-state index in [1.807, 2.05) is 18.2 Å². The maximum atomic E-state index is 7.05. The van der Waals surface area contributed by atoms with Crippen molar-refractivity contribution in [2.24, 2.45) is 0 Å². The topological polar surface area (TPSA) is 36.5 Å². The Morgan fingerprint density at radius 3 is 2.20 bits per heavy atom. The molecule has 0 radical (unpaired) electrons. The Balaban J connectivity index is 1.81. The molecule has 6 aromatic rings. The molecule has 0 amide bonds. The first-order valence-electron chi connectivity index (χ1n) is 11.6. The van der Waals surface area contributed by atoms with Gasteiger partial charge >= 0.3 is 0 Å². The summed E-state index contributed by atoms with van der Waals surface area (Å²) in [5, 5.41) is 4.90. The van der Waals surface area contributed by atoms with Crippen LogP contribution in [0.15, 0.2) is 71.1 Å². The Morgan fingerprint density at radius 2 is 1.49 bits per heavy atom. The predicted molar refractivity (Wildman–Crippen MR) is 145 cm³/mol. The van der Waals surface area contributed by atoms with Crippen LogP contribution < -0.4 is 9.47 Å². The summed E-state index contributed by atoms with van der Waals surface area (Å²) in [5.41, 5.74) is 5.68. The first-order valence-corrected chi connectivity index (χ1v) is 12.0. The predicted octanol–water partition coefficient (Wildman–Crippen LogP) is 8.65. The minimum absolute atomic E-state index is 0.0580. The molecule has 6 rings (SSSR count). The number of halogens is 1. The quantitative estimate of drug-likeness (QED) is 0.252. The number of furan rings is 1. The molecule has 4 aromatic carbocycles. The Labute approximate surface area is 208 Å². The van der Waals surface area contributed by atoms with E-state index >= 15 is 0 Å². The number of aromatic nitrogens is 1. The molecular weight excluding hydrogens is 458 g/mol. The van der Waals surface area contributed by atoms with Gasteiger partial charge < -0.3 is 18.5 Å². The molecule has 2 aromatic heterocycles. The molecule has 0 atom stereocenters. The number of rotatable bonds is 3. The number of ether oxygens (including phenoxy) is 2. The molecule has 5 heteroatoms. The summed E-state index contributed by atoms with van der Waals surface area (Å²) in [6.45, 7) is 6.58. The second kappa shape index (κ2) is 7.69. The van der Waals surface area contributed by atoms with Crippen LogP contribution in [0.4, 0.5) is 0 Å². The van der Waals surface area contributed by atoms with Gasteiger partial charge in [0, 0.05) is 22.2 Å². The summed E-state index contributed by atoms with van der Waals surface area (Å²) in [4.78, 5) is 0. The van der Waals surface area contributed by atoms with Gasteiger partial charge in [0.15, 0.2) is 5.58 Å². The third-order valence-electron chi connectivity index (χ3n) is 6.80. The van der Waals surface area contributed by atoms with Gasteiger partial charge in [0.1, 0.15) is 22.6 Å². The van der Waals surface area contributed by atoms with Crippen LogP contribution >= 0.6 is 11.6 Å². The van der Waals surface area contributed by atoms with Gasteiger partial charge in [-0.2, -0.15) is 0 Å². The number of hydrogen-bond acceptors (Lipinski definition) is 3. The summed E-state index contributed by atoms with van der Waals surface area (Å²) in [6.07, 6.45) is 0. The van der Waals surface area contributed by atoms with E-state index in [4.69, 9.17) is 25.5 Å². The molecule has 0 bridgehead atoms. The van der Waals surface area contributed by atoms with Crippen molar-refractivity contribution in [3.8, 4) is 17.2 Å². The molecular formula is C30H26ClNO3. The van der Waals surface area contributed by atoms with E-state index in [0.29, 0.717) is 5.02 Å². The van der Waals surface area contributed by atoms with Gasteiger partial charge in [-0.3, -0.25) is 0 Å². The Kier molecular flexibility index (Phi) is 4.81. The maximum absolute atomic E-state index is 7.05. The second-order valence-corrected chi connectivity index (χ2v) is 10.4. The van der Waals surface area contributed by atoms with Crippen LogP contribution in [0, 0.1) is 0 Å². The summed E-state index contributed by atoms with van der Waals surface area (Å²) >= 11 is 7.05. The van der Waals surface area contributed by atoms with Gasteiger partial charge in [0.05, 0.1) is 30.4 Å². The Hall–Kier alpha value is -3.63. The number of fused-ring (bicyclic) bond motifs is 6. The number of benzene rings is 4. The highest BCUT2D eigenvalue weighted by Gasteiger charge is 2.25. The fraction of sp³-hybridized carbons (Fsp3) is 0.200. The lowest BCUT2D eigenvalue weighted by molar-refractivity contribution is 0.414. The van der Waals surface area contributed by atoms with E-state index in [-0.39, 0.29) is 5.41 Å². The van der Waals surface area contributed by atoms with Crippen LogP contribution in [0.2, 0.25) is 5.02 Å². The van der Waals surface area contributed by atoms with Gasteiger partial charge in [-0.05, 0) is 64.9 Å². The molecule has 2 heterocycles. The first-order chi connectivity index (χ1) is 16.8. The van der Waals surface area contributed by atoms with Gasteiger partial charge in [-0.1, -0.05) is 44.5 Å². The molecule has 0 spiro atoms. The van der Waals surface area contributed by atoms with Gasteiger partial charge in [0.2, 0.25) is 0 Å². The summed E-state index contributed by atoms with van der Waals surface area (Å²) in [7, 11) is 3.35. The fourth-order valence-corrected chi connectivity index (χ4v) is 5.25. The molecule has 0 N–H and O–H groups in total. The van der Waals surface area contributed by atoms with Crippen LogP contribution in [-0.2, 0) is 5.41 Å². The van der Waals surface area contributed by atoms with E-state index in [2.05, 4.69) is 73.9 Å². The highest BCUT2D eigenvalue weighted by atomic mass is 35.5. The van der Waals surface area contributed by atoms with Crippen molar-refractivity contribution in [1.82, 2.24) is 4.57 Å². The lowest BCUT2D eigenvalue weighted by atomic mass is 9.86. The lowest BCUT2D eigenvalue weighted by Gasteiger charge is -2.20. The maximum Gasteiger partial charge on any atom is 0.161 e. The zero-order chi connectivity index (χ0) is 24.5. The van der Waals surface area contributed by atoms with E-state index < -0.39 is 0 Å². The summed E-state index contributed by atoms with van der Waals surface area (Å²) in [6, 6.07) is 22.7. The normalized spacial score (nSPS) is 12.3. The second-order valence-electron chi connectivity index (χ2n) is 9.95. The molecule has 0 saturated heterocycles. The van der Waals surface area contributed by atoms with Crippen molar-refractivity contribution in [3.63, 3.8) is 0 Å². The van der Waals surface area contributed by atoms with Gasteiger partial charge in [0.25, 0.3) is 0 Å². The van der Waals surface area contributed by atoms with Gasteiger partial charge in [-0.15, -0.1) is 0 Å². The minimum atomic E-state index is -0.0580. The zero-order valence-corrected chi connectivity index (χ0v) is 21.2. The highest BCUT2D eigenvalue weighted by Crippen LogP contribution is 2.44. The van der Waals surface area contributed by atoms with Gasteiger partial charge in [-0.25, -0.2) is 0 Å². The van der Waals surface area contributed by atoms with E-state index in [9.17, 15) is 0 Å². The third kappa shape index (κ3) is 3.28. The molecule has 176 valence electrons. The zero-order valence-electron chi connectivity index (χ0n) is 20.4. The van der Waals surface area contributed by atoms with Crippen LogP contribution in [0.1, 0.15) is 26.3 Å². The van der Waals surface area contributed by atoms with E-state index in [1.54, 1.807) is 14.2 Å². The molecule has 0 saturated carbocycles. The average Bonchev–Trinajstić information content (AvgIpc) is 3.37. The van der Waals surface area contributed by atoms with Crippen molar-refractivity contribution in [3.05, 3.63) is 77.3 Å². The van der Waals surface area contributed by atoms with Crippen molar-refractivity contribution < 1.29 is 13.9 Å². The minimum Gasteiger partial charge on any atom is -0.497 e. The molecule has 0 unspecified atom stereocenters. The SMILES string of the molecule is COc1ccc2c(-n3c4c(Cl)cc(C(C)(C)C)cc4c4oc5cc(OC)ccc5c43)cccc2c1. The van der Waals surface area contributed by atoms with Crippen LogP contribution in [0.3, 0.4) is 0 Å². The van der Waals surface area contributed by atoms with Crippen molar-refractivity contribution >= 4 is 55.3 Å². The van der Waals surface area contributed by atoms with E-state index in [0.717, 1.165) is 66.5 Å². The number of hydrogen-bond donors (Lipinski definition) is 0. The molecule has 4 nitrogen and oxygen atoms in total. The monoisotopic (exact) mass is 483 g/mol. The summed E-state index contributed by atoms with van der Waals surface area (Å²) < 4.78 is 19.7. The first kappa shape index (κ1) is 21.9. The Morgan fingerprint density at radius 1 is 0.771 bits per heavy atom. The highest BCUT2D eigenvalue weighted by molar-refractivity contribution is 6.37. The largest absolute Gasteiger partial charge is 0.497 e. The molecule has 0 aliphatic rings. The Bertz CT molecular complexity index is 1770. The third-order valence-corrected chi connectivity index (χ3v) is 7.09. The molecule has 35 heavy (non-hydrogen) atoms. The molecule has 0 fully saturated rings. The summed E-state index contributed by atoms with van der Waals surface area (Å²) in [5.74, 6) is 1.58. The van der Waals surface area contributed by atoms with Crippen molar-refractivity contribution in [1.29, 1.82) is 0 Å². The number of nitrogens with zero attached hydrogens (tertiary/aromatic N) is 1. The molecule has 0 aliphatic heterocycles. The van der Waals surface area contributed by atoms with Crippen LogP contribution in [0.5, 0.6) is 11.5 Å². The molecule has 0 aliphatic carbocycles. The van der Waals surface area contributed by atoms with Crippen LogP contribution in [-0.4, -0.2) is 18.8 Å². The fourth-order valence-electron chi connectivity index (χ4n) is 4.95. The van der Waals surface area contributed by atoms with Crippen LogP contribution in [0.25, 0.3) is 49.4 Å². The standard InChI is InChI=1S/C30H26ClNO3/c1-30(2,3)18-14-23-27(24(31)15-18)32(25-8-6-7-17-13-19(33-4)9-11-21(17)25)28-22-12-10-20(34-5)16-26(22)35-29(23)28/h6-16H,1-5H3. The van der Waals surface area contributed by atoms with Crippen molar-refractivity contribution in [2.75, 3.05) is 14.2 Å². The van der Waals surface area contributed by atoms with E-state index in [1.165, 1.54) is 0 Å². The average molecular weight is 484 g/mol. The van der Waals surface area contributed by atoms with Crippen molar-refractivity contribution in [2.45, 2.75) is 26.2 Å². The number of methoxy groups -OCH3 is 2. The smallest absolute Gasteiger partial charge is 0.161 e.